The van der Waals surface area contributed by atoms with Gasteiger partial charge in [-0.05, 0) is 28.1 Å². The third-order valence-corrected chi connectivity index (χ3v) is 2.33. The standard InChI is InChI=1S/C9H5BrF2N4/c10-8-7(14-9(13)16-15-8)4-1-5(11)3-6(12)2-4/h1-3H,(H2,13,14,16). The maximum absolute atomic E-state index is 13.0. The molecule has 0 atom stereocenters. The molecule has 0 fully saturated rings. The van der Waals surface area contributed by atoms with Crippen molar-refractivity contribution in [3.05, 3.63) is 34.4 Å². The Morgan fingerprint density at radius 1 is 1.06 bits per heavy atom. The average molecular weight is 287 g/mol. The van der Waals surface area contributed by atoms with Crippen LogP contribution in [0, 0.1) is 11.6 Å². The third kappa shape index (κ3) is 2.13. The first kappa shape index (κ1) is 10.9. The first-order valence-electron chi connectivity index (χ1n) is 4.18. The van der Waals surface area contributed by atoms with Gasteiger partial charge in [0.05, 0.1) is 0 Å². The van der Waals surface area contributed by atoms with Crippen LogP contribution in [0.4, 0.5) is 14.7 Å². The van der Waals surface area contributed by atoms with E-state index in [1.165, 1.54) is 0 Å². The summed E-state index contributed by atoms with van der Waals surface area (Å²) >= 11 is 3.08. The molecule has 0 saturated heterocycles. The van der Waals surface area contributed by atoms with E-state index in [1.807, 2.05) is 0 Å². The van der Waals surface area contributed by atoms with Crippen LogP contribution in [0.5, 0.6) is 0 Å². The van der Waals surface area contributed by atoms with Crippen LogP contribution in [0.3, 0.4) is 0 Å². The lowest BCUT2D eigenvalue weighted by Crippen LogP contribution is -2.00. The zero-order valence-electron chi connectivity index (χ0n) is 7.78. The minimum atomic E-state index is -0.695. The molecule has 82 valence electrons. The van der Waals surface area contributed by atoms with Gasteiger partial charge in [-0.15, -0.1) is 10.2 Å². The van der Waals surface area contributed by atoms with Crippen molar-refractivity contribution in [2.45, 2.75) is 0 Å². The number of benzene rings is 1. The van der Waals surface area contributed by atoms with Gasteiger partial charge in [0, 0.05) is 11.6 Å². The van der Waals surface area contributed by atoms with E-state index < -0.39 is 11.6 Å². The Labute approximate surface area is 97.7 Å². The molecular formula is C9H5BrF2N4. The lowest BCUT2D eigenvalue weighted by Gasteiger charge is -2.03. The number of rotatable bonds is 1. The molecule has 2 N–H and O–H groups in total. The highest BCUT2D eigenvalue weighted by molar-refractivity contribution is 9.10. The molecule has 1 aromatic carbocycles. The molecule has 1 heterocycles. The van der Waals surface area contributed by atoms with Gasteiger partial charge in [-0.3, -0.25) is 0 Å². The Morgan fingerprint density at radius 2 is 1.69 bits per heavy atom. The van der Waals surface area contributed by atoms with Crippen molar-refractivity contribution >= 4 is 21.9 Å². The van der Waals surface area contributed by atoms with Crippen LogP contribution in [0.1, 0.15) is 0 Å². The molecule has 0 unspecified atom stereocenters. The lowest BCUT2D eigenvalue weighted by molar-refractivity contribution is 0.584. The third-order valence-electron chi connectivity index (χ3n) is 1.80. The summed E-state index contributed by atoms with van der Waals surface area (Å²) in [5, 5.41) is 7.14. The number of nitrogens with two attached hydrogens (primary N) is 1. The van der Waals surface area contributed by atoms with Gasteiger partial charge in [-0.25, -0.2) is 13.8 Å². The fourth-order valence-electron chi connectivity index (χ4n) is 1.20. The summed E-state index contributed by atoms with van der Waals surface area (Å²) in [5.41, 5.74) is 5.83. The van der Waals surface area contributed by atoms with Crippen LogP contribution in [0.25, 0.3) is 11.3 Å². The fraction of sp³-hybridized carbons (Fsp3) is 0. The van der Waals surface area contributed by atoms with E-state index >= 15 is 0 Å². The summed E-state index contributed by atoms with van der Waals surface area (Å²) in [6.45, 7) is 0. The summed E-state index contributed by atoms with van der Waals surface area (Å²) in [5.74, 6) is -1.46. The normalized spacial score (nSPS) is 10.4. The highest BCUT2D eigenvalue weighted by Gasteiger charge is 2.10. The van der Waals surface area contributed by atoms with Gasteiger partial charge in [-0.2, -0.15) is 0 Å². The number of hydrogen-bond donors (Lipinski definition) is 1. The van der Waals surface area contributed by atoms with Crippen LogP contribution < -0.4 is 5.73 Å². The van der Waals surface area contributed by atoms with E-state index in [0.717, 1.165) is 18.2 Å². The molecule has 7 heteroatoms. The maximum atomic E-state index is 13.0. The highest BCUT2D eigenvalue weighted by atomic mass is 79.9. The van der Waals surface area contributed by atoms with E-state index in [-0.39, 0.29) is 21.8 Å². The summed E-state index contributed by atoms with van der Waals surface area (Å²) < 4.78 is 26.3. The van der Waals surface area contributed by atoms with E-state index in [2.05, 4.69) is 31.1 Å². The smallest absolute Gasteiger partial charge is 0.240 e. The van der Waals surface area contributed by atoms with Gasteiger partial charge in [0.15, 0.2) is 4.60 Å². The van der Waals surface area contributed by atoms with Crippen molar-refractivity contribution in [1.82, 2.24) is 15.2 Å². The largest absolute Gasteiger partial charge is 0.366 e. The van der Waals surface area contributed by atoms with Crippen molar-refractivity contribution in [2.75, 3.05) is 5.73 Å². The molecule has 1 aromatic heterocycles. The van der Waals surface area contributed by atoms with Crippen LogP contribution in [-0.2, 0) is 0 Å². The summed E-state index contributed by atoms with van der Waals surface area (Å²) in [6, 6.07) is 3.05. The summed E-state index contributed by atoms with van der Waals surface area (Å²) in [4.78, 5) is 3.85. The van der Waals surface area contributed by atoms with Crippen molar-refractivity contribution < 1.29 is 8.78 Å². The zero-order valence-corrected chi connectivity index (χ0v) is 9.37. The van der Waals surface area contributed by atoms with E-state index in [0.29, 0.717) is 0 Å². The van der Waals surface area contributed by atoms with Crippen molar-refractivity contribution in [1.29, 1.82) is 0 Å². The molecule has 2 aromatic rings. The highest BCUT2D eigenvalue weighted by Crippen LogP contribution is 2.25. The Balaban J connectivity index is 2.62. The van der Waals surface area contributed by atoms with Crippen LogP contribution >= 0.6 is 15.9 Å². The first-order valence-corrected chi connectivity index (χ1v) is 4.98. The van der Waals surface area contributed by atoms with Gasteiger partial charge in [0.25, 0.3) is 0 Å². The summed E-state index contributed by atoms with van der Waals surface area (Å²) in [6.07, 6.45) is 0. The van der Waals surface area contributed by atoms with Crippen LogP contribution in [0.2, 0.25) is 0 Å². The second kappa shape index (κ2) is 4.09. The molecular weight excluding hydrogens is 282 g/mol. The molecule has 0 bridgehead atoms. The number of aromatic nitrogens is 3. The molecule has 0 aliphatic carbocycles. The number of nitrogen functional groups attached to an aromatic ring is 1. The maximum Gasteiger partial charge on any atom is 0.240 e. The SMILES string of the molecule is Nc1nnc(Br)c(-c2cc(F)cc(F)c2)n1. The molecule has 0 amide bonds. The average Bonchev–Trinajstić information content (AvgIpc) is 2.20. The Hall–Kier alpha value is -1.63. The number of nitrogens with zero attached hydrogens (tertiary/aromatic N) is 3. The van der Waals surface area contributed by atoms with Crippen LogP contribution in [-0.4, -0.2) is 15.2 Å². The van der Waals surface area contributed by atoms with Gasteiger partial charge in [0.2, 0.25) is 5.95 Å². The zero-order chi connectivity index (χ0) is 11.7. The molecule has 0 aliphatic rings. The van der Waals surface area contributed by atoms with E-state index in [9.17, 15) is 8.78 Å². The van der Waals surface area contributed by atoms with Crippen molar-refractivity contribution in [2.24, 2.45) is 0 Å². The minimum Gasteiger partial charge on any atom is -0.366 e. The molecule has 0 spiro atoms. The minimum absolute atomic E-state index is 0.0668. The Bertz CT molecular complexity index is 527. The van der Waals surface area contributed by atoms with Gasteiger partial charge >= 0.3 is 0 Å². The van der Waals surface area contributed by atoms with E-state index in [1.54, 1.807) is 0 Å². The van der Waals surface area contributed by atoms with Crippen LogP contribution in [0.15, 0.2) is 22.8 Å². The monoisotopic (exact) mass is 286 g/mol. The van der Waals surface area contributed by atoms with E-state index in [4.69, 9.17) is 5.73 Å². The van der Waals surface area contributed by atoms with Gasteiger partial charge < -0.3 is 5.73 Å². The quantitative estimate of drug-likeness (QED) is 0.873. The number of hydrogen-bond acceptors (Lipinski definition) is 4. The molecule has 2 rings (SSSR count). The van der Waals surface area contributed by atoms with Gasteiger partial charge in [-0.1, -0.05) is 0 Å². The first-order chi connectivity index (χ1) is 7.56. The van der Waals surface area contributed by atoms with Gasteiger partial charge in [0.1, 0.15) is 17.3 Å². The van der Waals surface area contributed by atoms with Crippen molar-refractivity contribution in [3.8, 4) is 11.3 Å². The fourth-order valence-corrected chi connectivity index (χ4v) is 1.60. The molecule has 0 aliphatic heterocycles. The topological polar surface area (TPSA) is 64.7 Å². The number of anilines is 1. The molecule has 0 saturated carbocycles. The predicted octanol–water partition coefficient (Wildman–Crippen LogP) is 2.16. The molecule has 0 radical (unpaired) electrons. The molecule has 16 heavy (non-hydrogen) atoms. The number of halogens is 3. The lowest BCUT2D eigenvalue weighted by atomic mass is 10.1. The Morgan fingerprint density at radius 3 is 2.31 bits per heavy atom. The molecule has 4 nitrogen and oxygen atoms in total. The predicted molar refractivity (Wildman–Crippen MR) is 57.3 cm³/mol. The van der Waals surface area contributed by atoms with Crippen molar-refractivity contribution in [3.63, 3.8) is 0 Å². The Kier molecular flexibility index (Phi) is 2.78. The second-order valence-corrected chi connectivity index (χ2v) is 3.72. The summed E-state index contributed by atoms with van der Waals surface area (Å²) in [7, 11) is 0. The second-order valence-electron chi connectivity index (χ2n) is 2.97.